The molecule has 0 saturated heterocycles. The van der Waals surface area contributed by atoms with Gasteiger partial charge in [-0.3, -0.25) is 9.59 Å². The largest absolute Gasteiger partial charge is 0.452 e. The molecule has 0 unspecified atom stereocenters. The summed E-state index contributed by atoms with van der Waals surface area (Å²) in [6.45, 7) is 0.964. The van der Waals surface area contributed by atoms with E-state index in [4.69, 9.17) is 4.74 Å². The van der Waals surface area contributed by atoms with Crippen molar-refractivity contribution in [3.63, 3.8) is 0 Å². The van der Waals surface area contributed by atoms with Gasteiger partial charge in [-0.1, -0.05) is 48.5 Å². The van der Waals surface area contributed by atoms with E-state index in [1.54, 1.807) is 30.3 Å². The molecule has 6 nitrogen and oxygen atoms in total. The molecule has 3 rings (SSSR count). The predicted molar refractivity (Wildman–Crippen MR) is 112 cm³/mol. The number of carbonyl (C=O) groups is 3. The molecule has 0 atom stereocenters. The van der Waals surface area contributed by atoms with Gasteiger partial charge in [-0.05, 0) is 41.5 Å². The smallest absolute Gasteiger partial charge is 0.338 e. The maximum atomic E-state index is 12.1. The van der Waals surface area contributed by atoms with Crippen molar-refractivity contribution in [1.82, 2.24) is 0 Å². The van der Waals surface area contributed by atoms with Gasteiger partial charge in [0.05, 0.1) is 5.56 Å². The summed E-state index contributed by atoms with van der Waals surface area (Å²) in [4.78, 5) is 35.3. The zero-order valence-corrected chi connectivity index (χ0v) is 15.8. The first-order valence-electron chi connectivity index (χ1n) is 9.01. The maximum Gasteiger partial charge on any atom is 0.338 e. The first kappa shape index (κ1) is 19.8. The van der Waals surface area contributed by atoms with Crippen LogP contribution in [0.5, 0.6) is 0 Å². The number of hydrogen-bond acceptors (Lipinski definition) is 4. The lowest BCUT2D eigenvalue weighted by Crippen LogP contribution is -2.21. The number of nitrogens with one attached hydrogen (secondary N) is 2. The van der Waals surface area contributed by atoms with Crippen LogP contribution in [-0.4, -0.2) is 24.4 Å². The summed E-state index contributed by atoms with van der Waals surface area (Å²) < 4.78 is 5.05. The number of amides is 2. The zero-order chi connectivity index (χ0) is 20.6. The second-order valence-electron chi connectivity index (χ2n) is 6.33. The first-order chi connectivity index (χ1) is 14.0. The minimum Gasteiger partial charge on any atom is -0.452 e. The second kappa shape index (κ2) is 9.32. The van der Waals surface area contributed by atoms with Crippen molar-refractivity contribution < 1.29 is 19.1 Å². The molecule has 3 aromatic rings. The van der Waals surface area contributed by atoms with Crippen molar-refractivity contribution in [1.29, 1.82) is 0 Å². The Morgan fingerprint density at radius 1 is 0.759 bits per heavy atom. The standard InChI is InChI=1S/C23H20N2O4/c1-16(26)24-21-9-5-8-19(14-21)23(28)29-15-22(27)25-20-12-10-18(11-13-20)17-6-3-2-4-7-17/h2-14H,15H2,1H3,(H,24,26)(H,25,27). The van der Waals surface area contributed by atoms with Crippen molar-refractivity contribution in [3.05, 3.63) is 84.4 Å². The molecule has 0 radical (unpaired) electrons. The summed E-state index contributed by atoms with van der Waals surface area (Å²) in [5, 5.41) is 5.28. The Bertz CT molecular complexity index is 1010. The molecule has 146 valence electrons. The van der Waals surface area contributed by atoms with Gasteiger partial charge < -0.3 is 15.4 Å². The average Bonchev–Trinajstić information content (AvgIpc) is 2.73. The number of benzene rings is 3. The van der Waals surface area contributed by atoms with Crippen LogP contribution in [0.15, 0.2) is 78.9 Å². The lowest BCUT2D eigenvalue weighted by Gasteiger charge is -2.09. The van der Waals surface area contributed by atoms with Crippen LogP contribution in [-0.2, 0) is 14.3 Å². The molecule has 0 aliphatic rings. The first-order valence-corrected chi connectivity index (χ1v) is 9.01. The van der Waals surface area contributed by atoms with Crippen LogP contribution in [0.1, 0.15) is 17.3 Å². The fourth-order valence-electron chi connectivity index (χ4n) is 2.72. The Labute approximate surface area is 168 Å². The van der Waals surface area contributed by atoms with E-state index in [0.717, 1.165) is 11.1 Å². The molecule has 0 heterocycles. The van der Waals surface area contributed by atoms with Gasteiger partial charge in [0.1, 0.15) is 0 Å². The Balaban J connectivity index is 1.53. The molecule has 0 aliphatic heterocycles. The maximum absolute atomic E-state index is 12.1. The lowest BCUT2D eigenvalue weighted by atomic mass is 10.1. The van der Waals surface area contributed by atoms with Gasteiger partial charge in [-0.2, -0.15) is 0 Å². The van der Waals surface area contributed by atoms with Crippen LogP contribution in [0.3, 0.4) is 0 Å². The molecule has 3 aromatic carbocycles. The van der Waals surface area contributed by atoms with Gasteiger partial charge in [0.15, 0.2) is 6.61 Å². The molecular formula is C23H20N2O4. The van der Waals surface area contributed by atoms with E-state index in [1.165, 1.54) is 13.0 Å². The van der Waals surface area contributed by atoms with Crippen LogP contribution in [0.4, 0.5) is 11.4 Å². The Morgan fingerprint density at radius 3 is 2.14 bits per heavy atom. The Morgan fingerprint density at radius 2 is 1.45 bits per heavy atom. The zero-order valence-electron chi connectivity index (χ0n) is 15.8. The van der Waals surface area contributed by atoms with E-state index in [1.807, 2.05) is 42.5 Å². The Hall–Kier alpha value is -3.93. The molecule has 6 heteroatoms. The predicted octanol–water partition coefficient (Wildman–Crippen LogP) is 4.11. The molecule has 0 aromatic heterocycles. The van der Waals surface area contributed by atoms with Crippen LogP contribution < -0.4 is 10.6 Å². The summed E-state index contributed by atoms with van der Waals surface area (Å²) in [6.07, 6.45) is 0. The van der Waals surface area contributed by atoms with Gasteiger partial charge in [0, 0.05) is 18.3 Å². The van der Waals surface area contributed by atoms with E-state index >= 15 is 0 Å². The summed E-state index contributed by atoms with van der Waals surface area (Å²) in [7, 11) is 0. The number of hydrogen-bond donors (Lipinski definition) is 2. The van der Waals surface area contributed by atoms with E-state index < -0.39 is 18.5 Å². The highest BCUT2D eigenvalue weighted by atomic mass is 16.5. The van der Waals surface area contributed by atoms with Crippen LogP contribution >= 0.6 is 0 Å². The van der Waals surface area contributed by atoms with Crippen LogP contribution in [0.25, 0.3) is 11.1 Å². The third kappa shape index (κ3) is 5.77. The van der Waals surface area contributed by atoms with Crippen LogP contribution in [0, 0.1) is 0 Å². The topological polar surface area (TPSA) is 84.5 Å². The van der Waals surface area contributed by atoms with Gasteiger partial charge in [0.25, 0.3) is 5.91 Å². The van der Waals surface area contributed by atoms with Gasteiger partial charge >= 0.3 is 5.97 Å². The molecule has 0 spiro atoms. The molecule has 29 heavy (non-hydrogen) atoms. The molecular weight excluding hydrogens is 368 g/mol. The lowest BCUT2D eigenvalue weighted by molar-refractivity contribution is -0.119. The molecule has 0 saturated carbocycles. The van der Waals surface area contributed by atoms with E-state index in [2.05, 4.69) is 10.6 Å². The minimum absolute atomic E-state index is 0.242. The fourth-order valence-corrected chi connectivity index (χ4v) is 2.72. The van der Waals surface area contributed by atoms with E-state index in [-0.39, 0.29) is 11.5 Å². The molecule has 0 fully saturated rings. The summed E-state index contributed by atoms with van der Waals surface area (Å²) in [5.74, 6) is -1.33. The number of carbonyl (C=O) groups excluding carboxylic acids is 3. The number of rotatable bonds is 6. The average molecular weight is 388 g/mol. The van der Waals surface area contributed by atoms with Crippen molar-refractivity contribution >= 4 is 29.2 Å². The highest BCUT2D eigenvalue weighted by Gasteiger charge is 2.11. The third-order valence-electron chi connectivity index (χ3n) is 4.03. The highest BCUT2D eigenvalue weighted by Crippen LogP contribution is 2.21. The highest BCUT2D eigenvalue weighted by molar-refractivity contribution is 5.97. The van der Waals surface area contributed by atoms with Gasteiger partial charge in [-0.25, -0.2) is 4.79 Å². The SMILES string of the molecule is CC(=O)Nc1cccc(C(=O)OCC(=O)Nc2ccc(-c3ccccc3)cc2)c1. The van der Waals surface area contributed by atoms with Crippen molar-refractivity contribution in [2.75, 3.05) is 17.2 Å². The monoisotopic (exact) mass is 388 g/mol. The molecule has 2 N–H and O–H groups in total. The third-order valence-corrected chi connectivity index (χ3v) is 4.03. The molecule has 2 amide bonds. The van der Waals surface area contributed by atoms with Gasteiger partial charge in [-0.15, -0.1) is 0 Å². The molecule has 0 aliphatic carbocycles. The second-order valence-corrected chi connectivity index (χ2v) is 6.33. The van der Waals surface area contributed by atoms with Crippen LogP contribution in [0.2, 0.25) is 0 Å². The molecule has 0 bridgehead atoms. The summed E-state index contributed by atoms with van der Waals surface area (Å²) >= 11 is 0. The number of esters is 1. The quantitative estimate of drug-likeness (QED) is 0.623. The van der Waals surface area contributed by atoms with E-state index in [9.17, 15) is 14.4 Å². The number of ether oxygens (including phenoxy) is 1. The Kier molecular flexibility index (Phi) is 6.37. The van der Waals surface area contributed by atoms with Gasteiger partial charge in [0.2, 0.25) is 5.91 Å². The fraction of sp³-hybridized carbons (Fsp3) is 0.0870. The summed E-state index contributed by atoms with van der Waals surface area (Å²) in [6, 6.07) is 23.6. The van der Waals surface area contributed by atoms with Crippen molar-refractivity contribution in [2.24, 2.45) is 0 Å². The number of anilines is 2. The summed E-state index contributed by atoms with van der Waals surface area (Å²) in [5.41, 5.74) is 3.46. The minimum atomic E-state index is -0.647. The van der Waals surface area contributed by atoms with E-state index in [0.29, 0.717) is 11.4 Å². The van der Waals surface area contributed by atoms with Crippen molar-refractivity contribution in [3.8, 4) is 11.1 Å². The normalized spacial score (nSPS) is 10.1. The van der Waals surface area contributed by atoms with Crippen molar-refractivity contribution in [2.45, 2.75) is 6.92 Å².